The summed E-state index contributed by atoms with van der Waals surface area (Å²) >= 11 is 0. The quantitative estimate of drug-likeness (QED) is 0.795. The van der Waals surface area contributed by atoms with Crippen LogP contribution in [0.25, 0.3) is 5.95 Å². The second-order valence-electron chi connectivity index (χ2n) is 7.72. The van der Waals surface area contributed by atoms with E-state index in [4.69, 9.17) is 0 Å². The van der Waals surface area contributed by atoms with Gasteiger partial charge in [0.15, 0.2) is 0 Å². The molecule has 2 aromatic heterocycles. The molecule has 0 radical (unpaired) electrons. The van der Waals surface area contributed by atoms with E-state index in [2.05, 4.69) is 42.8 Å². The van der Waals surface area contributed by atoms with Gasteiger partial charge in [-0.1, -0.05) is 13.8 Å². The van der Waals surface area contributed by atoms with Crippen LogP contribution in [0, 0.1) is 33.6 Å². The van der Waals surface area contributed by atoms with Crippen molar-refractivity contribution in [1.82, 2.24) is 24.6 Å². The monoisotopic (exact) mass is 357 g/mol. The molecule has 142 valence electrons. The van der Waals surface area contributed by atoms with E-state index in [1.807, 2.05) is 38.7 Å². The lowest BCUT2D eigenvalue weighted by Crippen LogP contribution is -2.40. The zero-order valence-electron chi connectivity index (χ0n) is 17.3. The fourth-order valence-corrected chi connectivity index (χ4v) is 3.17. The molecule has 0 aliphatic heterocycles. The van der Waals surface area contributed by atoms with Gasteiger partial charge in [-0.25, -0.2) is 14.6 Å². The van der Waals surface area contributed by atoms with Crippen LogP contribution in [0.3, 0.4) is 0 Å². The number of amides is 1. The highest BCUT2D eigenvalue weighted by atomic mass is 16.2. The van der Waals surface area contributed by atoms with Crippen LogP contribution in [-0.2, 0) is 11.2 Å². The highest BCUT2D eigenvalue weighted by Gasteiger charge is 2.23. The van der Waals surface area contributed by atoms with Crippen molar-refractivity contribution < 1.29 is 4.79 Å². The number of carbonyl (C=O) groups is 1. The van der Waals surface area contributed by atoms with Crippen LogP contribution in [-0.4, -0.2) is 43.1 Å². The molecule has 0 fully saturated rings. The van der Waals surface area contributed by atoms with E-state index in [9.17, 15) is 4.79 Å². The molecule has 0 bridgehead atoms. The summed E-state index contributed by atoms with van der Waals surface area (Å²) in [5.74, 6) is 1.14. The van der Waals surface area contributed by atoms with E-state index in [-0.39, 0.29) is 11.9 Å². The molecular formula is C20H31N5O. The van der Waals surface area contributed by atoms with Crippen molar-refractivity contribution in [2.75, 3.05) is 6.54 Å². The maximum absolute atomic E-state index is 12.9. The van der Waals surface area contributed by atoms with Gasteiger partial charge in [0.05, 0.1) is 12.1 Å². The van der Waals surface area contributed by atoms with Gasteiger partial charge in [-0.2, -0.15) is 5.10 Å². The maximum Gasteiger partial charge on any atom is 0.251 e. The average Bonchev–Trinajstić information content (AvgIpc) is 2.79. The molecular weight excluding hydrogens is 326 g/mol. The summed E-state index contributed by atoms with van der Waals surface area (Å²) in [6.07, 6.45) is 0.355. The van der Waals surface area contributed by atoms with Crippen molar-refractivity contribution in [3.05, 3.63) is 34.4 Å². The Morgan fingerprint density at radius 1 is 1.08 bits per heavy atom. The molecule has 0 saturated carbocycles. The normalized spacial score (nSPS) is 11.5. The first kappa shape index (κ1) is 20.1. The lowest BCUT2D eigenvalue weighted by atomic mass is 10.1. The van der Waals surface area contributed by atoms with Crippen molar-refractivity contribution in [3.8, 4) is 5.95 Å². The van der Waals surface area contributed by atoms with Crippen LogP contribution < -0.4 is 0 Å². The first-order valence-electron chi connectivity index (χ1n) is 9.27. The minimum absolute atomic E-state index is 0.140. The zero-order valence-corrected chi connectivity index (χ0v) is 17.3. The Hall–Kier alpha value is -2.24. The topological polar surface area (TPSA) is 63.9 Å². The van der Waals surface area contributed by atoms with Gasteiger partial charge in [-0.3, -0.25) is 4.79 Å². The maximum atomic E-state index is 12.9. The van der Waals surface area contributed by atoms with Gasteiger partial charge in [0.25, 0.3) is 5.95 Å². The molecule has 1 amide bonds. The summed E-state index contributed by atoms with van der Waals surface area (Å²) in [6, 6.07) is 2.12. The number of rotatable bonds is 6. The number of aryl methyl sites for hydroxylation is 3. The van der Waals surface area contributed by atoms with Crippen LogP contribution in [0.5, 0.6) is 0 Å². The fraction of sp³-hybridized carbons (Fsp3) is 0.600. The summed E-state index contributed by atoms with van der Waals surface area (Å²) in [4.78, 5) is 23.8. The summed E-state index contributed by atoms with van der Waals surface area (Å²) in [6.45, 7) is 17.0. The highest BCUT2D eigenvalue weighted by molar-refractivity contribution is 5.79. The Balaban J connectivity index is 2.34. The number of nitrogens with zero attached hydrogens (tertiary/aromatic N) is 5. The first-order chi connectivity index (χ1) is 12.1. The van der Waals surface area contributed by atoms with Crippen molar-refractivity contribution >= 4 is 5.91 Å². The molecule has 6 nitrogen and oxygen atoms in total. The fourth-order valence-electron chi connectivity index (χ4n) is 3.17. The average molecular weight is 358 g/mol. The minimum Gasteiger partial charge on any atom is -0.340 e. The van der Waals surface area contributed by atoms with Crippen LogP contribution in [0.2, 0.25) is 0 Å². The summed E-state index contributed by atoms with van der Waals surface area (Å²) in [7, 11) is 0. The lowest BCUT2D eigenvalue weighted by molar-refractivity contribution is -0.132. The van der Waals surface area contributed by atoms with Crippen LogP contribution in [0.4, 0.5) is 0 Å². The van der Waals surface area contributed by atoms with E-state index in [0.717, 1.165) is 34.9 Å². The van der Waals surface area contributed by atoms with Gasteiger partial charge < -0.3 is 4.90 Å². The highest BCUT2D eigenvalue weighted by Crippen LogP contribution is 2.19. The van der Waals surface area contributed by atoms with E-state index >= 15 is 0 Å². The van der Waals surface area contributed by atoms with E-state index in [1.54, 1.807) is 4.68 Å². The molecule has 0 atom stereocenters. The predicted octanol–water partition coefficient (Wildman–Crippen LogP) is 3.33. The molecule has 2 rings (SSSR count). The molecule has 2 aromatic rings. The van der Waals surface area contributed by atoms with Crippen molar-refractivity contribution in [2.45, 2.75) is 67.9 Å². The standard InChI is InChI=1S/C20H31N5O/c1-12(2)11-24(13(3)4)19(26)10-18-16(7)23-25(17(18)8)20-21-14(5)9-15(6)22-20/h9,12-13H,10-11H2,1-8H3. The molecule has 0 N–H and O–H groups in total. The largest absolute Gasteiger partial charge is 0.340 e. The van der Waals surface area contributed by atoms with Gasteiger partial charge in [0, 0.05) is 35.2 Å². The molecule has 0 aliphatic carbocycles. The third kappa shape index (κ3) is 4.48. The lowest BCUT2D eigenvalue weighted by Gasteiger charge is -2.28. The van der Waals surface area contributed by atoms with Crippen LogP contribution >= 0.6 is 0 Å². The molecule has 6 heteroatoms. The second kappa shape index (κ2) is 7.98. The van der Waals surface area contributed by atoms with Crippen molar-refractivity contribution in [3.63, 3.8) is 0 Å². The number of hydrogen-bond donors (Lipinski definition) is 0. The molecule has 0 saturated heterocycles. The third-order valence-corrected chi connectivity index (χ3v) is 4.43. The smallest absolute Gasteiger partial charge is 0.251 e. The Morgan fingerprint density at radius 2 is 1.65 bits per heavy atom. The SMILES string of the molecule is Cc1cc(C)nc(-n2nc(C)c(CC(=O)N(CC(C)C)C(C)C)c2C)n1. The Kier molecular flexibility index (Phi) is 6.16. The summed E-state index contributed by atoms with van der Waals surface area (Å²) in [5.41, 5.74) is 4.55. The van der Waals surface area contributed by atoms with E-state index in [0.29, 0.717) is 18.3 Å². The van der Waals surface area contributed by atoms with Gasteiger partial charge in [-0.05, 0) is 53.5 Å². The van der Waals surface area contributed by atoms with Gasteiger partial charge in [0.1, 0.15) is 0 Å². The third-order valence-electron chi connectivity index (χ3n) is 4.43. The van der Waals surface area contributed by atoms with Gasteiger partial charge in [0.2, 0.25) is 5.91 Å². The number of carbonyl (C=O) groups excluding carboxylic acids is 1. The molecule has 0 spiro atoms. The minimum atomic E-state index is 0.140. The summed E-state index contributed by atoms with van der Waals surface area (Å²) in [5, 5.41) is 4.60. The molecule has 2 heterocycles. The zero-order chi connectivity index (χ0) is 19.6. The van der Waals surface area contributed by atoms with Crippen LogP contribution in [0.1, 0.15) is 56.0 Å². The van der Waals surface area contributed by atoms with E-state index in [1.165, 1.54) is 0 Å². The van der Waals surface area contributed by atoms with Crippen molar-refractivity contribution in [1.29, 1.82) is 0 Å². The Bertz CT molecular complexity index is 771. The van der Waals surface area contributed by atoms with Crippen LogP contribution in [0.15, 0.2) is 6.07 Å². The molecule has 0 aliphatic rings. The van der Waals surface area contributed by atoms with Crippen molar-refractivity contribution in [2.24, 2.45) is 5.92 Å². The molecule has 0 aromatic carbocycles. The first-order valence-corrected chi connectivity index (χ1v) is 9.27. The Morgan fingerprint density at radius 3 is 2.15 bits per heavy atom. The van der Waals surface area contributed by atoms with E-state index < -0.39 is 0 Å². The second-order valence-corrected chi connectivity index (χ2v) is 7.72. The Labute approximate surface area is 156 Å². The predicted molar refractivity (Wildman–Crippen MR) is 103 cm³/mol. The van der Waals surface area contributed by atoms with Gasteiger partial charge >= 0.3 is 0 Å². The van der Waals surface area contributed by atoms with Gasteiger partial charge in [-0.15, -0.1) is 0 Å². The number of aromatic nitrogens is 4. The molecule has 0 unspecified atom stereocenters. The summed E-state index contributed by atoms with van der Waals surface area (Å²) < 4.78 is 1.75. The number of hydrogen-bond acceptors (Lipinski definition) is 4. The molecule has 26 heavy (non-hydrogen) atoms.